The Morgan fingerprint density at radius 2 is 1.68 bits per heavy atom. The first-order valence-electron chi connectivity index (χ1n) is 10.5. The van der Waals surface area contributed by atoms with Crippen LogP contribution in [-0.4, -0.2) is 24.6 Å². The summed E-state index contributed by atoms with van der Waals surface area (Å²) in [7, 11) is 0. The van der Waals surface area contributed by atoms with Crippen molar-refractivity contribution >= 4 is 17.1 Å². The number of para-hydroxylation sites is 1. The van der Waals surface area contributed by atoms with E-state index in [0.717, 1.165) is 31.7 Å². The van der Waals surface area contributed by atoms with Crippen molar-refractivity contribution in [2.75, 3.05) is 13.2 Å². The zero-order valence-corrected chi connectivity index (χ0v) is 17.9. The summed E-state index contributed by atoms with van der Waals surface area (Å²) in [6, 6.07) is 15.3. The van der Waals surface area contributed by atoms with Crippen LogP contribution in [0.3, 0.4) is 0 Å². The van der Waals surface area contributed by atoms with Gasteiger partial charge < -0.3 is 0 Å². The molecule has 1 aliphatic rings. The van der Waals surface area contributed by atoms with Gasteiger partial charge in [-0.3, -0.25) is 15.3 Å². The highest BCUT2D eigenvalue weighted by atomic mass is 15.1. The molecule has 0 fully saturated rings. The standard InChI is InChI=1S/C25H33N3/c1-6-19(14-20-15-26-16-27-20)28-24-13-8-7-10-23(24)25-21(17(2)3)11-9-12-22(25)18(4)5/h7-13,17-18,26H,6,14-16H2,1-5H3. The Morgan fingerprint density at radius 3 is 2.25 bits per heavy atom. The first-order valence-corrected chi connectivity index (χ1v) is 10.5. The van der Waals surface area contributed by atoms with E-state index in [9.17, 15) is 0 Å². The molecule has 3 rings (SSSR count). The van der Waals surface area contributed by atoms with Gasteiger partial charge in [0.15, 0.2) is 0 Å². The number of rotatable bonds is 7. The van der Waals surface area contributed by atoms with Crippen LogP contribution >= 0.6 is 0 Å². The summed E-state index contributed by atoms with van der Waals surface area (Å²) >= 11 is 0. The number of nitrogens with one attached hydrogen (secondary N) is 1. The quantitative estimate of drug-likeness (QED) is 0.553. The maximum absolute atomic E-state index is 5.13. The Labute approximate surface area is 170 Å². The molecule has 0 saturated heterocycles. The molecule has 0 radical (unpaired) electrons. The van der Waals surface area contributed by atoms with E-state index in [2.05, 4.69) is 87.4 Å². The molecule has 0 unspecified atom stereocenters. The van der Waals surface area contributed by atoms with Crippen LogP contribution in [0.5, 0.6) is 0 Å². The minimum absolute atomic E-state index is 0.468. The molecule has 0 atom stereocenters. The van der Waals surface area contributed by atoms with E-state index in [1.165, 1.54) is 33.7 Å². The molecule has 2 aromatic carbocycles. The first-order chi connectivity index (χ1) is 13.5. The number of benzene rings is 2. The van der Waals surface area contributed by atoms with Crippen molar-refractivity contribution in [2.24, 2.45) is 9.98 Å². The van der Waals surface area contributed by atoms with E-state index in [1.54, 1.807) is 0 Å². The summed E-state index contributed by atoms with van der Waals surface area (Å²) in [5, 5.41) is 3.28. The second kappa shape index (κ2) is 9.29. The minimum atomic E-state index is 0.468. The van der Waals surface area contributed by atoms with Gasteiger partial charge in [-0.05, 0) is 41.0 Å². The van der Waals surface area contributed by atoms with E-state index in [4.69, 9.17) is 4.99 Å². The third-order valence-electron chi connectivity index (χ3n) is 5.38. The molecule has 148 valence electrons. The fourth-order valence-corrected chi connectivity index (χ4v) is 3.84. The zero-order chi connectivity index (χ0) is 20.1. The number of hydrogen-bond acceptors (Lipinski definition) is 3. The summed E-state index contributed by atoms with van der Waals surface area (Å²) < 4.78 is 0. The lowest BCUT2D eigenvalue weighted by molar-refractivity contribution is 0.838. The molecule has 0 aliphatic carbocycles. The Bertz CT molecular complexity index is 849. The molecule has 0 aromatic heterocycles. The van der Waals surface area contributed by atoms with Gasteiger partial charge in [0.1, 0.15) is 0 Å². The van der Waals surface area contributed by atoms with E-state index >= 15 is 0 Å². The minimum Gasteiger partial charge on any atom is -0.293 e. The summed E-state index contributed by atoms with van der Waals surface area (Å²) in [4.78, 5) is 9.67. The Kier molecular flexibility index (Phi) is 6.79. The smallest absolute Gasteiger partial charge is 0.0887 e. The predicted octanol–water partition coefficient (Wildman–Crippen LogP) is 6.47. The molecular formula is C25H33N3. The highest BCUT2D eigenvalue weighted by Gasteiger charge is 2.18. The SMILES string of the molecule is CCC(CC1=NCNC1)=Nc1ccccc1-c1c(C(C)C)cccc1C(C)C. The summed E-state index contributed by atoms with van der Waals surface area (Å²) in [6.07, 6.45) is 1.80. The molecule has 1 N–H and O–H groups in total. The van der Waals surface area contributed by atoms with Crippen LogP contribution in [0, 0.1) is 0 Å². The van der Waals surface area contributed by atoms with Gasteiger partial charge in [0.05, 0.1) is 12.4 Å². The van der Waals surface area contributed by atoms with Gasteiger partial charge in [0.2, 0.25) is 0 Å². The molecule has 3 heteroatoms. The zero-order valence-electron chi connectivity index (χ0n) is 17.9. The van der Waals surface area contributed by atoms with Crippen molar-refractivity contribution in [3.05, 3.63) is 53.6 Å². The van der Waals surface area contributed by atoms with Gasteiger partial charge in [-0.15, -0.1) is 0 Å². The summed E-state index contributed by atoms with van der Waals surface area (Å²) in [5.74, 6) is 0.936. The van der Waals surface area contributed by atoms with Crippen LogP contribution in [0.2, 0.25) is 0 Å². The third-order valence-corrected chi connectivity index (χ3v) is 5.38. The predicted molar refractivity (Wildman–Crippen MR) is 122 cm³/mol. The molecule has 0 spiro atoms. The van der Waals surface area contributed by atoms with Gasteiger partial charge in [0, 0.05) is 30.0 Å². The Hall–Kier alpha value is -2.26. The van der Waals surface area contributed by atoms with Gasteiger partial charge in [-0.1, -0.05) is 71.0 Å². The lowest BCUT2D eigenvalue weighted by Crippen LogP contribution is -2.16. The molecule has 2 aromatic rings. The van der Waals surface area contributed by atoms with Crippen LogP contribution in [-0.2, 0) is 0 Å². The molecular weight excluding hydrogens is 342 g/mol. The Morgan fingerprint density at radius 1 is 1.00 bits per heavy atom. The number of aliphatic imine (C=N–C) groups is 2. The molecule has 1 heterocycles. The average molecular weight is 376 g/mol. The topological polar surface area (TPSA) is 36.8 Å². The van der Waals surface area contributed by atoms with Gasteiger partial charge >= 0.3 is 0 Å². The van der Waals surface area contributed by atoms with E-state index in [1.807, 2.05) is 0 Å². The molecule has 28 heavy (non-hydrogen) atoms. The van der Waals surface area contributed by atoms with E-state index < -0.39 is 0 Å². The van der Waals surface area contributed by atoms with Crippen molar-refractivity contribution in [2.45, 2.75) is 59.3 Å². The second-order valence-corrected chi connectivity index (χ2v) is 8.16. The second-order valence-electron chi connectivity index (χ2n) is 8.16. The summed E-state index contributed by atoms with van der Waals surface area (Å²) in [5.41, 5.74) is 8.88. The largest absolute Gasteiger partial charge is 0.293 e. The first kappa shape index (κ1) is 20.5. The molecule has 0 amide bonds. The van der Waals surface area contributed by atoms with Gasteiger partial charge in [-0.2, -0.15) is 0 Å². The van der Waals surface area contributed by atoms with Crippen LogP contribution < -0.4 is 5.32 Å². The number of hydrogen-bond donors (Lipinski definition) is 1. The molecule has 1 aliphatic heterocycles. The lowest BCUT2D eigenvalue weighted by atomic mass is 9.84. The highest BCUT2D eigenvalue weighted by Crippen LogP contribution is 2.40. The third kappa shape index (κ3) is 4.59. The normalized spacial score (nSPS) is 14.8. The van der Waals surface area contributed by atoms with Crippen molar-refractivity contribution in [1.29, 1.82) is 0 Å². The fraction of sp³-hybridized carbons (Fsp3) is 0.440. The van der Waals surface area contributed by atoms with Crippen LogP contribution in [0.25, 0.3) is 11.1 Å². The van der Waals surface area contributed by atoms with Gasteiger partial charge in [0.25, 0.3) is 0 Å². The molecule has 0 bridgehead atoms. The average Bonchev–Trinajstić information content (AvgIpc) is 3.20. The summed E-state index contributed by atoms with van der Waals surface area (Å²) in [6.45, 7) is 12.9. The number of nitrogens with zero attached hydrogens (tertiary/aromatic N) is 2. The monoisotopic (exact) mass is 375 g/mol. The van der Waals surface area contributed by atoms with E-state index in [-0.39, 0.29) is 0 Å². The van der Waals surface area contributed by atoms with Crippen molar-refractivity contribution < 1.29 is 0 Å². The molecule has 3 nitrogen and oxygen atoms in total. The van der Waals surface area contributed by atoms with Crippen LogP contribution in [0.15, 0.2) is 52.4 Å². The van der Waals surface area contributed by atoms with Crippen molar-refractivity contribution in [1.82, 2.24) is 5.32 Å². The van der Waals surface area contributed by atoms with Crippen molar-refractivity contribution in [3.63, 3.8) is 0 Å². The van der Waals surface area contributed by atoms with Crippen LogP contribution in [0.4, 0.5) is 5.69 Å². The fourth-order valence-electron chi connectivity index (χ4n) is 3.84. The van der Waals surface area contributed by atoms with Crippen molar-refractivity contribution in [3.8, 4) is 11.1 Å². The van der Waals surface area contributed by atoms with Gasteiger partial charge in [-0.25, -0.2) is 0 Å². The maximum Gasteiger partial charge on any atom is 0.0887 e. The Balaban J connectivity index is 2.11. The van der Waals surface area contributed by atoms with E-state index in [0.29, 0.717) is 11.8 Å². The highest BCUT2D eigenvalue weighted by molar-refractivity contribution is 6.07. The van der Waals surface area contributed by atoms with Crippen LogP contribution in [0.1, 0.15) is 70.4 Å². The maximum atomic E-state index is 5.13. The molecule has 0 saturated carbocycles. The lowest BCUT2D eigenvalue weighted by Gasteiger charge is -2.21.